The van der Waals surface area contributed by atoms with E-state index in [4.69, 9.17) is 23.7 Å². The van der Waals surface area contributed by atoms with Crippen LogP contribution in [0, 0.1) is 0 Å². The molecule has 1 aliphatic heterocycles. The SMILES string of the molecule is COC(=O)CCCCCOCCOCCOCCCCCCOc1ccc2c(c1)C(NC(=O)c1cccc(NCc3nnc(-c4ccncn4)n3C)c1)CCO2. The standard InChI is InChI=1S/C41H55N7O8/c1-48-38(46-47-40(48)36-16-18-42-30-44-36)29-43-32-12-10-11-31(27-32)41(50)45-35-17-22-56-37-15-14-33(28-34(35)37)55-21-9-4-3-7-19-52-23-25-54-26-24-53-20-8-5-6-13-39(49)51-2/h10-12,14-16,18,27-28,30,35,43H,3-9,13,17,19-26,29H2,1-2H3,(H,45,50). The zero-order valence-electron chi connectivity index (χ0n) is 32.6. The Morgan fingerprint density at radius 3 is 2.36 bits per heavy atom. The monoisotopic (exact) mass is 773 g/mol. The molecule has 56 heavy (non-hydrogen) atoms. The topological polar surface area (TPSA) is 170 Å². The summed E-state index contributed by atoms with van der Waals surface area (Å²) in [7, 11) is 3.30. The van der Waals surface area contributed by atoms with Crippen LogP contribution in [-0.4, -0.2) is 96.6 Å². The third-order valence-electron chi connectivity index (χ3n) is 9.27. The number of nitrogens with zero attached hydrogens (tertiary/aromatic N) is 5. The van der Waals surface area contributed by atoms with Gasteiger partial charge in [-0.05, 0) is 74.6 Å². The summed E-state index contributed by atoms with van der Waals surface area (Å²) in [6.07, 6.45) is 11.0. The summed E-state index contributed by atoms with van der Waals surface area (Å²) in [6.45, 7) is 5.16. The summed E-state index contributed by atoms with van der Waals surface area (Å²) in [4.78, 5) is 32.7. The maximum atomic E-state index is 13.4. The molecular weight excluding hydrogens is 718 g/mol. The fraction of sp³-hybridized carbons (Fsp3) is 0.512. The Labute approximate surface area is 328 Å². The number of benzene rings is 2. The number of amides is 1. The quantitative estimate of drug-likeness (QED) is 0.0575. The van der Waals surface area contributed by atoms with Gasteiger partial charge in [0, 0.05) is 56.1 Å². The largest absolute Gasteiger partial charge is 0.494 e. The number of hydrogen-bond donors (Lipinski definition) is 2. The molecule has 0 radical (unpaired) electrons. The predicted octanol–water partition coefficient (Wildman–Crippen LogP) is 5.86. The molecule has 4 aromatic rings. The van der Waals surface area contributed by atoms with Crippen LogP contribution in [0.15, 0.2) is 61.1 Å². The lowest BCUT2D eigenvalue weighted by Crippen LogP contribution is -2.32. The van der Waals surface area contributed by atoms with Crippen LogP contribution < -0.4 is 20.1 Å². The lowest BCUT2D eigenvalue weighted by molar-refractivity contribution is -0.140. The highest BCUT2D eigenvalue weighted by molar-refractivity contribution is 5.95. The lowest BCUT2D eigenvalue weighted by atomic mass is 9.99. The third-order valence-corrected chi connectivity index (χ3v) is 9.27. The molecule has 1 unspecified atom stereocenters. The van der Waals surface area contributed by atoms with Crippen molar-refractivity contribution in [1.29, 1.82) is 0 Å². The van der Waals surface area contributed by atoms with Crippen LogP contribution in [0.1, 0.15) is 85.6 Å². The molecule has 0 spiro atoms. The highest BCUT2D eigenvalue weighted by atomic mass is 16.5. The number of methoxy groups -OCH3 is 1. The van der Waals surface area contributed by atoms with Crippen molar-refractivity contribution in [3.05, 3.63) is 78.0 Å². The number of hydrogen-bond acceptors (Lipinski definition) is 13. The first-order chi connectivity index (χ1) is 27.5. The summed E-state index contributed by atoms with van der Waals surface area (Å²) >= 11 is 0. The minimum atomic E-state index is -0.203. The molecule has 0 bridgehead atoms. The number of carbonyl (C=O) groups excluding carboxylic acids is 2. The molecule has 0 aliphatic carbocycles. The number of ether oxygens (including phenoxy) is 6. The molecule has 0 saturated heterocycles. The molecule has 1 amide bonds. The van der Waals surface area contributed by atoms with Gasteiger partial charge in [-0.25, -0.2) is 9.97 Å². The molecular formula is C41H55N7O8. The molecule has 15 heteroatoms. The zero-order chi connectivity index (χ0) is 39.2. The molecule has 2 aromatic carbocycles. The molecule has 1 aliphatic rings. The zero-order valence-corrected chi connectivity index (χ0v) is 32.6. The van der Waals surface area contributed by atoms with Crippen molar-refractivity contribution >= 4 is 17.6 Å². The smallest absolute Gasteiger partial charge is 0.305 e. The van der Waals surface area contributed by atoms with Crippen LogP contribution in [0.25, 0.3) is 11.5 Å². The van der Waals surface area contributed by atoms with Crippen LogP contribution >= 0.6 is 0 Å². The highest BCUT2D eigenvalue weighted by Crippen LogP contribution is 2.35. The summed E-state index contributed by atoms with van der Waals surface area (Å²) in [5.74, 6) is 2.57. The molecule has 15 nitrogen and oxygen atoms in total. The Morgan fingerprint density at radius 2 is 1.61 bits per heavy atom. The number of carbonyl (C=O) groups is 2. The first kappa shape index (κ1) is 42.0. The van der Waals surface area contributed by atoms with Crippen molar-refractivity contribution in [2.45, 2.75) is 70.4 Å². The van der Waals surface area contributed by atoms with Crippen LogP contribution in [0.3, 0.4) is 0 Å². The number of aromatic nitrogens is 5. The van der Waals surface area contributed by atoms with Crippen molar-refractivity contribution in [2.24, 2.45) is 7.05 Å². The molecule has 302 valence electrons. The molecule has 3 heterocycles. The first-order valence-corrected chi connectivity index (χ1v) is 19.5. The Kier molecular flexibility index (Phi) is 17.8. The second-order valence-electron chi connectivity index (χ2n) is 13.4. The van der Waals surface area contributed by atoms with Gasteiger partial charge < -0.3 is 43.6 Å². The second kappa shape index (κ2) is 23.7. The van der Waals surface area contributed by atoms with E-state index in [-0.39, 0.29) is 17.9 Å². The Bertz CT molecular complexity index is 1770. The van der Waals surface area contributed by atoms with Gasteiger partial charge in [0.2, 0.25) is 0 Å². The van der Waals surface area contributed by atoms with Gasteiger partial charge in [-0.3, -0.25) is 9.59 Å². The van der Waals surface area contributed by atoms with Crippen molar-refractivity contribution in [1.82, 2.24) is 30.0 Å². The maximum Gasteiger partial charge on any atom is 0.305 e. The average Bonchev–Trinajstić information content (AvgIpc) is 3.60. The van der Waals surface area contributed by atoms with E-state index in [0.29, 0.717) is 89.3 Å². The van der Waals surface area contributed by atoms with Gasteiger partial charge in [-0.2, -0.15) is 0 Å². The number of anilines is 1. The number of fused-ring (bicyclic) bond motifs is 1. The Morgan fingerprint density at radius 1 is 0.857 bits per heavy atom. The van der Waals surface area contributed by atoms with Gasteiger partial charge in [0.15, 0.2) is 11.6 Å². The molecule has 1 atom stereocenters. The Hall–Kier alpha value is -5.12. The highest BCUT2D eigenvalue weighted by Gasteiger charge is 2.24. The van der Waals surface area contributed by atoms with Gasteiger partial charge in [0.25, 0.3) is 5.91 Å². The fourth-order valence-electron chi connectivity index (χ4n) is 6.11. The molecule has 0 fully saturated rings. The third kappa shape index (κ3) is 13.9. The van der Waals surface area contributed by atoms with Gasteiger partial charge in [-0.15, -0.1) is 10.2 Å². The van der Waals surface area contributed by atoms with Crippen LogP contribution in [0.4, 0.5) is 5.69 Å². The van der Waals surface area contributed by atoms with E-state index < -0.39 is 0 Å². The van der Waals surface area contributed by atoms with Gasteiger partial charge in [0.05, 0.1) is 59.3 Å². The van der Waals surface area contributed by atoms with E-state index in [2.05, 4.69) is 35.5 Å². The van der Waals surface area contributed by atoms with Crippen molar-refractivity contribution in [2.75, 3.05) is 65.3 Å². The molecule has 5 rings (SSSR count). The minimum absolute atomic E-state index is 0.161. The molecule has 0 saturated carbocycles. The Balaban J connectivity index is 0.934. The van der Waals surface area contributed by atoms with Crippen molar-refractivity contribution < 1.29 is 38.0 Å². The predicted molar refractivity (Wildman–Crippen MR) is 209 cm³/mol. The normalized spacial score (nSPS) is 13.4. The lowest BCUT2D eigenvalue weighted by Gasteiger charge is -2.27. The summed E-state index contributed by atoms with van der Waals surface area (Å²) < 4.78 is 35.3. The van der Waals surface area contributed by atoms with Crippen LogP contribution in [0.2, 0.25) is 0 Å². The minimum Gasteiger partial charge on any atom is -0.494 e. The van der Waals surface area contributed by atoms with Crippen molar-refractivity contribution in [3.63, 3.8) is 0 Å². The number of rotatable bonds is 26. The van der Waals surface area contributed by atoms with Crippen molar-refractivity contribution in [3.8, 4) is 23.0 Å². The number of nitrogens with one attached hydrogen (secondary N) is 2. The van der Waals surface area contributed by atoms with E-state index >= 15 is 0 Å². The van der Waals surface area contributed by atoms with E-state index in [0.717, 1.165) is 73.5 Å². The van der Waals surface area contributed by atoms with E-state index in [9.17, 15) is 9.59 Å². The van der Waals surface area contributed by atoms with Gasteiger partial charge >= 0.3 is 5.97 Å². The molecule has 2 aromatic heterocycles. The van der Waals surface area contributed by atoms with Crippen LogP contribution in [-0.2, 0) is 37.3 Å². The first-order valence-electron chi connectivity index (χ1n) is 19.5. The van der Waals surface area contributed by atoms with Gasteiger partial charge in [-0.1, -0.05) is 18.9 Å². The molecule has 2 N–H and O–H groups in total. The number of unbranched alkanes of at least 4 members (excludes halogenated alkanes) is 5. The van der Waals surface area contributed by atoms with E-state index in [1.54, 1.807) is 18.3 Å². The fourth-order valence-corrected chi connectivity index (χ4v) is 6.11. The van der Waals surface area contributed by atoms with Gasteiger partial charge in [0.1, 0.15) is 23.5 Å². The summed E-state index contributed by atoms with van der Waals surface area (Å²) in [6, 6.07) is 14.8. The van der Waals surface area contributed by atoms with Crippen LogP contribution in [0.5, 0.6) is 11.5 Å². The summed E-state index contributed by atoms with van der Waals surface area (Å²) in [5, 5.41) is 15.1. The second-order valence-corrected chi connectivity index (χ2v) is 13.4. The average molecular weight is 774 g/mol. The van der Waals surface area contributed by atoms with E-state index in [1.165, 1.54) is 13.4 Å². The van der Waals surface area contributed by atoms with E-state index in [1.807, 2.05) is 48.0 Å². The summed E-state index contributed by atoms with van der Waals surface area (Å²) in [5.41, 5.74) is 2.95. The number of esters is 1. The maximum absolute atomic E-state index is 13.4.